The number of urea groups is 1. The zero-order chi connectivity index (χ0) is 20.7. The van der Waals surface area contributed by atoms with Crippen molar-refractivity contribution in [3.05, 3.63) is 64.1 Å². The van der Waals surface area contributed by atoms with E-state index < -0.39 is 23.0 Å². The number of anilines is 1. The van der Waals surface area contributed by atoms with Gasteiger partial charge in [-0.1, -0.05) is 46.3 Å². The third kappa shape index (κ3) is 1.91. The van der Waals surface area contributed by atoms with Gasteiger partial charge in [0, 0.05) is 27.7 Å². The summed E-state index contributed by atoms with van der Waals surface area (Å²) in [5.74, 6) is -1.07. The Bertz CT molecular complexity index is 1120. The van der Waals surface area contributed by atoms with Crippen molar-refractivity contribution >= 4 is 39.5 Å². The molecule has 3 N–H and O–H groups in total. The van der Waals surface area contributed by atoms with E-state index in [1.165, 1.54) is 0 Å². The molecule has 0 aromatic heterocycles. The molecule has 4 heterocycles. The van der Waals surface area contributed by atoms with Gasteiger partial charge in [0.15, 0.2) is 11.1 Å². The van der Waals surface area contributed by atoms with Crippen LogP contribution in [0.5, 0.6) is 0 Å². The molecule has 0 aliphatic carbocycles. The first-order valence-corrected chi connectivity index (χ1v) is 10.9. The summed E-state index contributed by atoms with van der Waals surface area (Å²) < 4.78 is 0.816. The Hall–Kier alpha value is -2.71. The summed E-state index contributed by atoms with van der Waals surface area (Å²) in [6, 6.07) is 14.7. The lowest BCUT2D eigenvalue weighted by molar-refractivity contribution is -0.138. The van der Waals surface area contributed by atoms with Crippen molar-refractivity contribution in [2.24, 2.45) is 0 Å². The lowest BCUT2D eigenvalue weighted by atomic mass is 9.65. The van der Waals surface area contributed by atoms with Crippen molar-refractivity contribution in [1.29, 1.82) is 0 Å². The quantitative estimate of drug-likeness (QED) is 0.563. The first kappa shape index (κ1) is 18.1. The second-order valence-corrected chi connectivity index (χ2v) is 9.28. The molecule has 0 bridgehead atoms. The molecular formula is C22H19BrN4O3. The van der Waals surface area contributed by atoms with E-state index >= 15 is 0 Å². The van der Waals surface area contributed by atoms with Crippen LogP contribution in [-0.2, 0) is 15.1 Å². The maximum Gasteiger partial charge on any atom is 0.322 e. The van der Waals surface area contributed by atoms with Crippen molar-refractivity contribution in [2.75, 3.05) is 11.9 Å². The van der Waals surface area contributed by atoms with Crippen molar-refractivity contribution in [1.82, 2.24) is 15.5 Å². The first-order valence-electron chi connectivity index (χ1n) is 10.1. The Kier molecular flexibility index (Phi) is 3.57. The second-order valence-electron chi connectivity index (χ2n) is 8.36. The van der Waals surface area contributed by atoms with Crippen molar-refractivity contribution < 1.29 is 14.4 Å². The van der Waals surface area contributed by atoms with Gasteiger partial charge < -0.3 is 10.6 Å². The second kappa shape index (κ2) is 5.92. The van der Waals surface area contributed by atoms with E-state index in [4.69, 9.17) is 0 Å². The van der Waals surface area contributed by atoms with Crippen LogP contribution in [-0.4, -0.2) is 40.9 Å². The van der Waals surface area contributed by atoms with Gasteiger partial charge in [-0.25, -0.2) is 4.79 Å². The number of halogens is 1. The van der Waals surface area contributed by atoms with Crippen LogP contribution in [0.3, 0.4) is 0 Å². The number of rotatable bonds is 1. The van der Waals surface area contributed by atoms with Gasteiger partial charge in [0.05, 0.1) is 0 Å². The van der Waals surface area contributed by atoms with Crippen LogP contribution in [0.1, 0.15) is 29.9 Å². The molecule has 152 valence electrons. The number of fused-ring (bicyclic) bond motifs is 5. The smallest absolute Gasteiger partial charge is 0.322 e. The normalized spacial score (nSPS) is 34.2. The van der Waals surface area contributed by atoms with Crippen LogP contribution in [0.4, 0.5) is 10.5 Å². The number of nitrogens with one attached hydrogen (secondary N) is 3. The van der Waals surface area contributed by atoms with Crippen LogP contribution in [0.15, 0.2) is 53.0 Å². The van der Waals surface area contributed by atoms with Gasteiger partial charge in [-0.2, -0.15) is 0 Å². The molecule has 0 saturated carbocycles. The van der Waals surface area contributed by atoms with E-state index in [1.807, 2.05) is 48.5 Å². The number of benzene rings is 2. The summed E-state index contributed by atoms with van der Waals surface area (Å²) in [5.41, 5.74) is -0.406. The van der Waals surface area contributed by atoms with Gasteiger partial charge in [0.2, 0.25) is 0 Å². The Morgan fingerprint density at radius 2 is 1.80 bits per heavy atom. The fourth-order valence-corrected chi connectivity index (χ4v) is 6.67. The molecule has 4 aliphatic rings. The van der Waals surface area contributed by atoms with Gasteiger partial charge >= 0.3 is 6.03 Å². The average molecular weight is 467 g/mol. The number of amides is 4. The molecule has 2 spiro atoms. The number of nitrogens with zero attached hydrogens (tertiary/aromatic N) is 1. The van der Waals surface area contributed by atoms with E-state index in [2.05, 4.69) is 36.8 Å². The molecule has 1 unspecified atom stereocenters. The molecule has 6 rings (SSSR count). The minimum atomic E-state index is -1.44. The molecule has 2 aromatic carbocycles. The number of hydrogen-bond donors (Lipinski definition) is 3. The SMILES string of the molecule is O=C1NC(=O)[C@@]2(N1)C(c1ccccc1)[C@H]1CCCN1[C@]21C(=O)Nc2ccc(Br)cc21. The van der Waals surface area contributed by atoms with Crippen molar-refractivity contribution in [3.63, 3.8) is 0 Å². The number of imide groups is 1. The molecule has 4 atom stereocenters. The highest BCUT2D eigenvalue weighted by atomic mass is 79.9. The Labute approximate surface area is 181 Å². The molecule has 2 aromatic rings. The summed E-state index contributed by atoms with van der Waals surface area (Å²) in [7, 11) is 0. The van der Waals surface area contributed by atoms with E-state index in [9.17, 15) is 14.4 Å². The van der Waals surface area contributed by atoms with Crippen LogP contribution in [0.2, 0.25) is 0 Å². The van der Waals surface area contributed by atoms with E-state index in [-0.39, 0.29) is 17.9 Å². The zero-order valence-electron chi connectivity index (χ0n) is 15.9. The van der Waals surface area contributed by atoms with Crippen molar-refractivity contribution in [2.45, 2.75) is 35.9 Å². The molecule has 4 amide bonds. The zero-order valence-corrected chi connectivity index (χ0v) is 17.5. The van der Waals surface area contributed by atoms with Gasteiger partial charge in [0.1, 0.15) is 0 Å². The largest absolute Gasteiger partial charge is 0.324 e. The van der Waals surface area contributed by atoms with Gasteiger partial charge in [-0.3, -0.25) is 19.8 Å². The maximum atomic E-state index is 13.8. The predicted octanol–water partition coefficient (Wildman–Crippen LogP) is 2.44. The lowest BCUT2D eigenvalue weighted by Crippen LogP contribution is -2.68. The minimum Gasteiger partial charge on any atom is -0.324 e. The van der Waals surface area contributed by atoms with Gasteiger partial charge in [0.25, 0.3) is 11.8 Å². The van der Waals surface area contributed by atoms with Crippen LogP contribution in [0.25, 0.3) is 0 Å². The highest BCUT2D eigenvalue weighted by Crippen LogP contribution is 2.63. The van der Waals surface area contributed by atoms with E-state index in [0.717, 1.165) is 28.4 Å². The average Bonchev–Trinajstić information content (AvgIpc) is 3.43. The Morgan fingerprint density at radius 1 is 1.00 bits per heavy atom. The molecule has 0 radical (unpaired) electrons. The summed E-state index contributed by atoms with van der Waals surface area (Å²) in [6.45, 7) is 0.679. The van der Waals surface area contributed by atoms with E-state index in [1.54, 1.807) is 0 Å². The molecule has 3 saturated heterocycles. The Balaban J connectivity index is 1.71. The number of carbonyl (C=O) groups excluding carboxylic acids is 3. The lowest BCUT2D eigenvalue weighted by Gasteiger charge is -2.42. The highest BCUT2D eigenvalue weighted by Gasteiger charge is 2.80. The first-order chi connectivity index (χ1) is 14.5. The Morgan fingerprint density at radius 3 is 2.53 bits per heavy atom. The number of carbonyl (C=O) groups is 3. The summed E-state index contributed by atoms with van der Waals surface area (Å²) in [4.78, 5) is 42.1. The number of hydrogen-bond acceptors (Lipinski definition) is 4. The third-order valence-corrected chi connectivity index (χ3v) is 7.65. The fourth-order valence-electron chi connectivity index (χ4n) is 6.31. The third-order valence-electron chi connectivity index (χ3n) is 7.15. The molecule has 7 nitrogen and oxygen atoms in total. The maximum absolute atomic E-state index is 13.8. The topological polar surface area (TPSA) is 90.5 Å². The van der Waals surface area contributed by atoms with Crippen LogP contribution in [0, 0.1) is 0 Å². The van der Waals surface area contributed by atoms with Crippen LogP contribution < -0.4 is 16.0 Å². The van der Waals surface area contributed by atoms with Crippen molar-refractivity contribution in [3.8, 4) is 0 Å². The van der Waals surface area contributed by atoms with E-state index in [0.29, 0.717) is 12.2 Å². The molecule has 4 aliphatic heterocycles. The summed E-state index contributed by atoms with van der Waals surface area (Å²) in [5, 5.41) is 8.41. The van der Waals surface area contributed by atoms with Gasteiger partial charge in [-0.05, 0) is 43.1 Å². The minimum absolute atomic E-state index is 0.0489. The summed E-state index contributed by atoms with van der Waals surface area (Å²) >= 11 is 3.53. The fraction of sp³-hybridized carbons (Fsp3) is 0.318. The van der Waals surface area contributed by atoms with Crippen LogP contribution >= 0.6 is 15.9 Å². The van der Waals surface area contributed by atoms with Gasteiger partial charge in [-0.15, -0.1) is 0 Å². The standard InChI is InChI=1S/C22H19BrN4O3/c23-13-8-9-15-14(11-13)22(19(29)24-15)21(18(28)25-20(30)26-21)17(12-5-2-1-3-6-12)16-7-4-10-27(16)22/h1-3,5-6,8-9,11,16-17H,4,7,10H2,(H,24,29)(H2,25,26,28,30)/t16-,17?,21+,22-/m1/s1. The molecule has 8 heteroatoms. The molecule has 30 heavy (non-hydrogen) atoms. The molecule has 3 fully saturated rings. The summed E-state index contributed by atoms with van der Waals surface area (Å²) in [6.07, 6.45) is 1.78. The predicted molar refractivity (Wildman–Crippen MR) is 113 cm³/mol. The highest BCUT2D eigenvalue weighted by molar-refractivity contribution is 9.10. The molecular weight excluding hydrogens is 448 g/mol. The monoisotopic (exact) mass is 466 g/mol.